The summed E-state index contributed by atoms with van der Waals surface area (Å²) in [5.74, 6) is 1.15. The molecule has 0 amide bonds. The van der Waals surface area contributed by atoms with Crippen LogP contribution in [0, 0.1) is 6.92 Å². The molecule has 0 saturated carbocycles. The second-order valence-corrected chi connectivity index (χ2v) is 8.98. The van der Waals surface area contributed by atoms with E-state index in [1.807, 2.05) is 6.92 Å². The molecule has 0 bridgehead atoms. The van der Waals surface area contributed by atoms with Crippen LogP contribution in [0.5, 0.6) is 5.88 Å². The van der Waals surface area contributed by atoms with Gasteiger partial charge in [-0.3, -0.25) is 0 Å². The van der Waals surface area contributed by atoms with Gasteiger partial charge in [0, 0.05) is 37.9 Å². The van der Waals surface area contributed by atoms with Gasteiger partial charge in [0.05, 0.1) is 16.8 Å². The maximum Gasteiger partial charge on any atom is 0.238 e. The first kappa shape index (κ1) is 21.2. The van der Waals surface area contributed by atoms with E-state index in [0.717, 1.165) is 31.9 Å². The Balaban J connectivity index is 1.43. The van der Waals surface area contributed by atoms with E-state index in [9.17, 15) is 8.42 Å². The largest absolute Gasteiger partial charge is 0.471 e. The van der Waals surface area contributed by atoms with E-state index in [2.05, 4.69) is 37.1 Å². The highest BCUT2D eigenvalue weighted by Crippen LogP contribution is 2.18. The molecule has 1 saturated heterocycles. The third kappa shape index (κ3) is 5.16. The van der Waals surface area contributed by atoms with E-state index >= 15 is 0 Å². The van der Waals surface area contributed by atoms with Crippen molar-refractivity contribution in [1.29, 1.82) is 0 Å². The third-order valence-corrected chi connectivity index (χ3v) is 5.87. The van der Waals surface area contributed by atoms with E-state index in [1.165, 1.54) is 16.8 Å². The lowest BCUT2D eigenvalue weighted by molar-refractivity contribution is 0.286. The normalized spacial score (nSPS) is 15.3. The van der Waals surface area contributed by atoms with Gasteiger partial charge in [-0.15, -0.1) is 5.10 Å². The van der Waals surface area contributed by atoms with Crippen molar-refractivity contribution in [2.24, 2.45) is 5.14 Å². The molecule has 0 radical (unpaired) electrons. The predicted octanol–water partition coefficient (Wildman–Crippen LogP) is 0.344. The Morgan fingerprint density at radius 2 is 1.81 bits per heavy atom. The summed E-state index contributed by atoms with van der Waals surface area (Å²) in [5.41, 5.74) is 2.09. The molecule has 2 aromatic heterocycles. The van der Waals surface area contributed by atoms with Crippen LogP contribution in [-0.2, 0) is 16.6 Å². The van der Waals surface area contributed by atoms with E-state index < -0.39 is 10.0 Å². The highest BCUT2D eigenvalue weighted by Gasteiger charge is 2.18. The summed E-state index contributed by atoms with van der Waals surface area (Å²) < 4.78 is 30.1. The summed E-state index contributed by atoms with van der Waals surface area (Å²) in [6.07, 6.45) is 1.71. The first-order valence-electron chi connectivity index (χ1n) is 9.74. The van der Waals surface area contributed by atoms with Gasteiger partial charge in [-0.2, -0.15) is 4.98 Å². The van der Waals surface area contributed by atoms with Crippen molar-refractivity contribution >= 4 is 16.0 Å². The van der Waals surface area contributed by atoms with Crippen LogP contribution in [0.1, 0.15) is 11.4 Å². The molecule has 1 aromatic carbocycles. The molecule has 1 aliphatic rings. The molecule has 0 spiro atoms. The SMILES string of the molecule is Cc1cc(OCc2cn(-c3ccc(S(N)(=O)=O)cc3)nn2)nc(N2CCN(C)CC2)n1. The number of sulfonamides is 1. The number of piperazine rings is 1. The van der Waals surface area contributed by atoms with E-state index in [1.54, 1.807) is 24.4 Å². The van der Waals surface area contributed by atoms with Crippen LogP contribution in [0.3, 0.4) is 0 Å². The Bertz CT molecular complexity index is 1160. The Labute approximate surface area is 180 Å². The summed E-state index contributed by atoms with van der Waals surface area (Å²) in [7, 11) is -1.64. The number of primary sulfonamides is 1. The van der Waals surface area contributed by atoms with Gasteiger partial charge in [-0.1, -0.05) is 5.21 Å². The lowest BCUT2D eigenvalue weighted by Gasteiger charge is -2.32. The Hall–Kier alpha value is -3.09. The number of aromatic nitrogens is 5. The maximum atomic E-state index is 11.4. The number of rotatable bonds is 6. The highest BCUT2D eigenvalue weighted by atomic mass is 32.2. The zero-order valence-electron chi connectivity index (χ0n) is 17.3. The van der Waals surface area contributed by atoms with Crippen LogP contribution in [0.2, 0.25) is 0 Å². The van der Waals surface area contributed by atoms with Crippen molar-refractivity contribution in [1.82, 2.24) is 29.9 Å². The lowest BCUT2D eigenvalue weighted by Crippen LogP contribution is -2.45. The monoisotopic (exact) mass is 444 g/mol. The fourth-order valence-corrected chi connectivity index (χ4v) is 3.69. The smallest absolute Gasteiger partial charge is 0.238 e. The number of nitrogens with two attached hydrogens (primary N) is 1. The standard InChI is InChI=1S/C19H24N8O3S/c1-14-11-18(22-19(21-14)26-9-7-25(2)8-10-26)30-13-15-12-27(24-23-15)16-3-5-17(6-4-16)31(20,28)29/h3-6,11-12H,7-10,13H2,1-2H3,(H2,20,28,29). The van der Waals surface area contributed by atoms with Gasteiger partial charge in [-0.25, -0.2) is 23.2 Å². The van der Waals surface area contributed by atoms with Gasteiger partial charge in [-0.05, 0) is 38.2 Å². The first-order valence-corrected chi connectivity index (χ1v) is 11.3. The van der Waals surface area contributed by atoms with E-state index in [4.69, 9.17) is 9.88 Å². The van der Waals surface area contributed by atoms with Crippen molar-refractivity contribution in [2.75, 3.05) is 38.1 Å². The Kier molecular flexibility index (Phi) is 5.85. The summed E-state index contributed by atoms with van der Waals surface area (Å²) in [4.78, 5) is 13.5. The highest BCUT2D eigenvalue weighted by molar-refractivity contribution is 7.89. The van der Waals surface area contributed by atoms with Gasteiger partial charge in [0.1, 0.15) is 12.3 Å². The van der Waals surface area contributed by atoms with Crippen LogP contribution in [0.25, 0.3) is 5.69 Å². The zero-order valence-corrected chi connectivity index (χ0v) is 18.2. The molecule has 3 heterocycles. The summed E-state index contributed by atoms with van der Waals surface area (Å²) in [6.45, 7) is 5.78. The molecule has 1 aliphatic heterocycles. The van der Waals surface area contributed by atoms with Crippen molar-refractivity contribution < 1.29 is 13.2 Å². The van der Waals surface area contributed by atoms with Crippen molar-refractivity contribution in [2.45, 2.75) is 18.4 Å². The van der Waals surface area contributed by atoms with E-state index in [0.29, 0.717) is 23.2 Å². The summed E-state index contributed by atoms with van der Waals surface area (Å²) in [5, 5.41) is 13.3. The quantitative estimate of drug-likeness (QED) is 0.571. The van der Waals surface area contributed by atoms with Crippen LogP contribution in [-0.4, -0.2) is 71.5 Å². The van der Waals surface area contributed by atoms with Crippen molar-refractivity contribution in [3.05, 3.63) is 47.9 Å². The van der Waals surface area contributed by atoms with Crippen molar-refractivity contribution in [3.63, 3.8) is 0 Å². The van der Waals surface area contributed by atoms with Crippen LogP contribution < -0.4 is 14.8 Å². The minimum absolute atomic E-state index is 0.0372. The fourth-order valence-electron chi connectivity index (χ4n) is 3.17. The van der Waals surface area contributed by atoms with Gasteiger partial charge < -0.3 is 14.5 Å². The molecule has 11 nitrogen and oxygen atoms in total. The van der Waals surface area contributed by atoms with Crippen LogP contribution in [0.15, 0.2) is 41.4 Å². The lowest BCUT2D eigenvalue weighted by atomic mass is 10.3. The molecule has 3 aromatic rings. The second-order valence-electron chi connectivity index (χ2n) is 7.42. The molecule has 0 atom stereocenters. The van der Waals surface area contributed by atoms with Gasteiger partial charge in [0.25, 0.3) is 0 Å². The fraction of sp³-hybridized carbons (Fsp3) is 0.368. The van der Waals surface area contributed by atoms with Gasteiger partial charge >= 0.3 is 0 Å². The average molecular weight is 445 g/mol. The molecule has 0 aliphatic carbocycles. The molecule has 164 valence electrons. The molecule has 2 N–H and O–H groups in total. The van der Waals surface area contributed by atoms with Gasteiger partial charge in [0.2, 0.25) is 21.9 Å². The number of ether oxygens (including phenoxy) is 1. The number of hydrogen-bond acceptors (Lipinski definition) is 9. The first-order chi connectivity index (χ1) is 14.8. The molecule has 31 heavy (non-hydrogen) atoms. The molecular formula is C19H24N8O3S. The maximum absolute atomic E-state index is 11.4. The Morgan fingerprint density at radius 1 is 1.10 bits per heavy atom. The zero-order chi connectivity index (χ0) is 22.0. The number of benzene rings is 1. The predicted molar refractivity (Wildman–Crippen MR) is 114 cm³/mol. The molecule has 4 rings (SSSR count). The second kappa shape index (κ2) is 8.57. The van der Waals surface area contributed by atoms with Gasteiger partial charge in [0.15, 0.2) is 0 Å². The topological polar surface area (TPSA) is 132 Å². The summed E-state index contributed by atoms with van der Waals surface area (Å²) >= 11 is 0. The molecular weight excluding hydrogens is 420 g/mol. The number of nitrogens with zero attached hydrogens (tertiary/aromatic N) is 7. The van der Waals surface area contributed by atoms with E-state index in [-0.39, 0.29) is 11.5 Å². The number of hydrogen-bond donors (Lipinski definition) is 1. The average Bonchev–Trinajstić information content (AvgIpc) is 3.21. The molecule has 12 heteroatoms. The van der Waals surface area contributed by atoms with Crippen LogP contribution in [0.4, 0.5) is 5.95 Å². The summed E-state index contributed by atoms with van der Waals surface area (Å²) in [6, 6.07) is 7.85. The third-order valence-electron chi connectivity index (χ3n) is 4.94. The van der Waals surface area contributed by atoms with Crippen molar-refractivity contribution in [3.8, 4) is 11.6 Å². The van der Waals surface area contributed by atoms with Crippen LogP contribution >= 0.6 is 0 Å². The minimum atomic E-state index is -3.74. The minimum Gasteiger partial charge on any atom is -0.471 e. The molecule has 0 unspecified atom stereocenters. The Morgan fingerprint density at radius 3 is 2.48 bits per heavy atom. The number of likely N-dealkylation sites (N-methyl/N-ethyl adjacent to an activating group) is 1. The molecule has 1 fully saturated rings. The number of aryl methyl sites for hydroxylation is 1. The number of anilines is 1.